The number of aryl methyl sites for hydroxylation is 1. The molecular weight excluding hydrogens is 230 g/mol. The van der Waals surface area contributed by atoms with Crippen LogP contribution < -0.4 is 5.32 Å². The minimum absolute atomic E-state index is 0.979. The number of thiazole rings is 1. The average Bonchev–Trinajstić information content (AvgIpc) is 2.69. The zero-order valence-electron chi connectivity index (χ0n) is 11.3. The first kappa shape index (κ1) is 14.6. The molecule has 98 valence electrons. The van der Waals surface area contributed by atoms with E-state index in [9.17, 15) is 0 Å². The summed E-state index contributed by atoms with van der Waals surface area (Å²) in [5.74, 6) is 0. The van der Waals surface area contributed by atoms with E-state index in [0.717, 1.165) is 31.2 Å². The molecule has 1 aromatic rings. The topological polar surface area (TPSA) is 28.2 Å². The van der Waals surface area contributed by atoms with Crippen molar-refractivity contribution in [2.75, 3.05) is 26.7 Å². The molecule has 1 rings (SSSR count). The highest BCUT2D eigenvalue weighted by Crippen LogP contribution is 2.09. The smallest absolute Gasteiger partial charge is 0.0897 e. The van der Waals surface area contributed by atoms with Crippen LogP contribution in [0.15, 0.2) is 5.38 Å². The van der Waals surface area contributed by atoms with Gasteiger partial charge < -0.3 is 10.2 Å². The fourth-order valence-electron chi connectivity index (χ4n) is 1.77. The van der Waals surface area contributed by atoms with E-state index in [1.807, 2.05) is 0 Å². The van der Waals surface area contributed by atoms with Crippen LogP contribution in [0.1, 0.15) is 36.9 Å². The van der Waals surface area contributed by atoms with Crippen LogP contribution in [-0.4, -0.2) is 36.6 Å². The Kier molecular flexibility index (Phi) is 7.40. The Hall–Kier alpha value is -0.450. The number of hydrogen-bond acceptors (Lipinski definition) is 4. The number of nitrogens with one attached hydrogen (secondary N) is 1. The maximum absolute atomic E-state index is 4.48. The highest BCUT2D eigenvalue weighted by Gasteiger charge is 2.02. The second kappa shape index (κ2) is 8.61. The molecule has 1 aromatic heterocycles. The van der Waals surface area contributed by atoms with Gasteiger partial charge in [-0.05, 0) is 52.9 Å². The molecule has 0 aliphatic heterocycles. The molecule has 0 aromatic carbocycles. The SMILES string of the molecule is CCCNCCCCN(C)Cc1csc(C)n1. The second-order valence-corrected chi connectivity index (χ2v) is 5.61. The van der Waals surface area contributed by atoms with Crippen LogP contribution in [0.4, 0.5) is 0 Å². The van der Waals surface area contributed by atoms with Crippen molar-refractivity contribution >= 4 is 11.3 Å². The quantitative estimate of drug-likeness (QED) is 0.688. The molecule has 0 aliphatic rings. The Morgan fingerprint density at radius 1 is 1.35 bits per heavy atom. The summed E-state index contributed by atoms with van der Waals surface area (Å²) in [5, 5.41) is 6.76. The highest BCUT2D eigenvalue weighted by molar-refractivity contribution is 7.09. The van der Waals surface area contributed by atoms with Gasteiger partial charge in [-0.15, -0.1) is 11.3 Å². The maximum Gasteiger partial charge on any atom is 0.0897 e. The van der Waals surface area contributed by atoms with Crippen LogP contribution in [-0.2, 0) is 6.54 Å². The monoisotopic (exact) mass is 255 g/mol. The number of hydrogen-bond donors (Lipinski definition) is 1. The van der Waals surface area contributed by atoms with E-state index in [-0.39, 0.29) is 0 Å². The third kappa shape index (κ3) is 6.76. The lowest BCUT2D eigenvalue weighted by Crippen LogP contribution is -2.21. The van der Waals surface area contributed by atoms with Gasteiger partial charge in [0.2, 0.25) is 0 Å². The summed E-state index contributed by atoms with van der Waals surface area (Å²) in [7, 11) is 2.17. The fourth-order valence-corrected chi connectivity index (χ4v) is 2.37. The molecule has 0 atom stereocenters. The summed E-state index contributed by atoms with van der Waals surface area (Å²) in [6.45, 7) is 8.70. The standard InChI is InChI=1S/C13H25N3S/c1-4-7-14-8-5-6-9-16(3)10-13-11-17-12(2)15-13/h11,14H,4-10H2,1-3H3. The highest BCUT2D eigenvalue weighted by atomic mass is 32.1. The molecular formula is C13H25N3S. The molecule has 0 fully saturated rings. The molecule has 0 bridgehead atoms. The first-order valence-electron chi connectivity index (χ1n) is 6.52. The van der Waals surface area contributed by atoms with E-state index in [1.165, 1.54) is 25.0 Å². The molecule has 1 heterocycles. The fraction of sp³-hybridized carbons (Fsp3) is 0.769. The van der Waals surface area contributed by atoms with E-state index in [0.29, 0.717) is 0 Å². The minimum Gasteiger partial charge on any atom is -0.317 e. The lowest BCUT2D eigenvalue weighted by molar-refractivity contribution is 0.314. The van der Waals surface area contributed by atoms with Gasteiger partial charge in [-0.3, -0.25) is 0 Å². The van der Waals surface area contributed by atoms with Gasteiger partial charge in [-0.2, -0.15) is 0 Å². The van der Waals surface area contributed by atoms with Crippen molar-refractivity contribution < 1.29 is 0 Å². The van der Waals surface area contributed by atoms with Crippen LogP contribution in [0.25, 0.3) is 0 Å². The zero-order valence-corrected chi connectivity index (χ0v) is 12.1. The Balaban J connectivity index is 2.03. The lowest BCUT2D eigenvalue weighted by Gasteiger charge is -2.15. The van der Waals surface area contributed by atoms with Gasteiger partial charge in [-0.25, -0.2) is 4.98 Å². The van der Waals surface area contributed by atoms with Gasteiger partial charge in [0.15, 0.2) is 0 Å². The van der Waals surface area contributed by atoms with Gasteiger partial charge in [0.1, 0.15) is 0 Å². The van der Waals surface area contributed by atoms with E-state index >= 15 is 0 Å². The Morgan fingerprint density at radius 3 is 2.82 bits per heavy atom. The lowest BCUT2D eigenvalue weighted by atomic mass is 10.3. The molecule has 0 radical (unpaired) electrons. The van der Waals surface area contributed by atoms with Crippen molar-refractivity contribution in [3.63, 3.8) is 0 Å². The third-order valence-electron chi connectivity index (χ3n) is 2.67. The minimum atomic E-state index is 0.979. The number of nitrogens with zero attached hydrogens (tertiary/aromatic N) is 2. The summed E-state index contributed by atoms with van der Waals surface area (Å²) in [5.41, 5.74) is 1.21. The predicted octanol–water partition coefficient (Wildman–Crippen LogP) is 2.66. The number of rotatable bonds is 9. The molecule has 0 saturated heterocycles. The van der Waals surface area contributed by atoms with Gasteiger partial charge >= 0.3 is 0 Å². The van der Waals surface area contributed by atoms with Gasteiger partial charge in [0.05, 0.1) is 10.7 Å². The normalized spacial score (nSPS) is 11.3. The maximum atomic E-state index is 4.48. The molecule has 0 saturated carbocycles. The van der Waals surface area contributed by atoms with E-state index < -0.39 is 0 Å². The molecule has 3 nitrogen and oxygen atoms in total. The second-order valence-electron chi connectivity index (χ2n) is 4.55. The van der Waals surface area contributed by atoms with Crippen molar-refractivity contribution in [3.05, 3.63) is 16.1 Å². The van der Waals surface area contributed by atoms with Crippen LogP contribution in [0.2, 0.25) is 0 Å². The Morgan fingerprint density at radius 2 is 2.18 bits per heavy atom. The van der Waals surface area contributed by atoms with E-state index in [2.05, 4.69) is 41.5 Å². The van der Waals surface area contributed by atoms with Gasteiger partial charge in [0.25, 0.3) is 0 Å². The van der Waals surface area contributed by atoms with Crippen LogP contribution in [0, 0.1) is 6.92 Å². The predicted molar refractivity (Wildman–Crippen MR) is 75.6 cm³/mol. The van der Waals surface area contributed by atoms with Crippen molar-refractivity contribution in [1.29, 1.82) is 0 Å². The molecule has 0 aliphatic carbocycles. The molecule has 1 N–H and O–H groups in total. The van der Waals surface area contributed by atoms with Crippen molar-refractivity contribution in [1.82, 2.24) is 15.2 Å². The molecule has 4 heteroatoms. The van der Waals surface area contributed by atoms with Crippen LogP contribution in [0.3, 0.4) is 0 Å². The summed E-state index contributed by atoms with van der Waals surface area (Å²) < 4.78 is 0. The molecule has 17 heavy (non-hydrogen) atoms. The van der Waals surface area contributed by atoms with Crippen molar-refractivity contribution in [2.45, 2.75) is 39.7 Å². The van der Waals surface area contributed by atoms with Crippen molar-refractivity contribution in [2.24, 2.45) is 0 Å². The van der Waals surface area contributed by atoms with Crippen LogP contribution >= 0.6 is 11.3 Å². The Bertz CT molecular complexity index is 299. The van der Waals surface area contributed by atoms with Crippen LogP contribution in [0.5, 0.6) is 0 Å². The van der Waals surface area contributed by atoms with Gasteiger partial charge in [-0.1, -0.05) is 6.92 Å². The summed E-state index contributed by atoms with van der Waals surface area (Å²) in [4.78, 5) is 6.84. The van der Waals surface area contributed by atoms with E-state index in [1.54, 1.807) is 11.3 Å². The Labute approximate surface area is 109 Å². The molecule has 0 amide bonds. The zero-order chi connectivity index (χ0) is 12.5. The third-order valence-corrected chi connectivity index (χ3v) is 3.49. The summed E-state index contributed by atoms with van der Waals surface area (Å²) >= 11 is 1.74. The first-order chi connectivity index (χ1) is 8.22. The molecule has 0 spiro atoms. The first-order valence-corrected chi connectivity index (χ1v) is 7.40. The van der Waals surface area contributed by atoms with Crippen molar-refractivity contribution in [3.8, 4) is 0 Å². The average molecular weight is 255 g/mol. The van der Waals surface area contributed by atoms with E-state index in [4.69, 9.17) is 0 Å². The summed E-state index contributed by atoms with van der Waals surface area (Å²) in [6.07, 6.45) is 3.75. The molecule has 0 unspecified atom stereocenters. The van der Waals surface area contributed by atoms with Gasteiger partial charge in [0, 0.05) is 11.9 Å². The number of aromatic nitrogens is 1. The summed E-state index contributed by atoms with van der Waals surface area (Å²) in [6, 6.07) is 0. The largest absolute Gasteiger partial charge is 0.317 e. The number of unbranched alkanes of at least 4 members (excludes halogenated alkanes) is 1.